The van der Waals surface area contributed by atoms with Crippen molar-refractivity contribution in [3.8, 4) is 11.5 Å². The summed E-state index contributed by atoms with van der Waals surface area (Å²) in [5.74, 6) is 3.19. The molecule has 0 bridgehead atoms. The van der Waals surface area contributed by atoms with Crippen LogP contribution in [-0.4, -0.2) is 48.5 Å². The third-order valence-electron chi connectivity index (χ3n) is 4.35. The molecular formula is C21H23NO4S. The van der Waals surface area contributed by atoms with E-state index in [1.165, 1.54) is 4.90 Å². The largest absolute Gasteiger partial charge is 0.497 e. The number of benzene rings is 2. The molecule has 3 rings (SSSR count). The lowest BCUT2D eigenvalue weighted by Gasteiger charge is -2.13. The van der Waals surface area contributed by atoms with Crippen molar-refractivity contribution in [3.05, 3.63) is 59.7 Å². The van der Waals surface area contributed by atoms with Gasteiger partial charge < -0.3 is 9.47 Å². The summed E-state index contributed by atoms with van der Waals surface area (Å²) in [5, 5.41) is 0. The van der Waals surface area contributed by atoms with Crippen LogP contribution in [0.15, 0.2) is 48.5 Å². The van der Waals surface area contributed by atoms with Crippen LogP contribution < -0.4 is 9.47 Å². The summed E-state index contributed by atoms with van der Waals surface area (Å²) in [6, 6.07) is 14.6. The molecule has 2 amide bonds. The van der Waals surface area contributed by atoms with Crippen molar-refractivity contribution in [2.24, 2.45) is 0 Å². The minimum absolute atomic E-state index is 0.170. The van der Waals surface area contributed by atoms with E-state index in [0.29, 0.717) is 24.3 Å². The number of ether oxygens (including phenoxy) is 2. The van der Waals surface area contributed by atoms with Crippen molar-refractivity contribution in [3.63, 3.8) is 0 Å². The third kappa shape index (κ3) is 4.83. The van der Waals surface area contributed by atoms with Crippen molar-refractivity contribution in [1.29, 1.82) is 0 Å². The molecule has 142 valence electrons. The zero-order valence-electron chi connectivity index (χ0n) is 15.3. The van der Waals surface area contributed by atoms with Crippen molar-refractivity contribution in [2.75, 3.05) is 31.8 Å². The minimum Gasteiger partial charge on any atom is -0.497 e. The van der Waals surface area contributed by atoms with Gasteiger partial charge in [0.15, 0.2) is 0 Å². The van der Waals surface area contributed by atoms with Gasteiger partial charge in [0.05, 0.1) is 24.8 Å². The number of unbranched alkanes of at least 4 members (excludes halogenated alkanes) is 1. The number of nitrogens with zero attached hydrogens (tertiary/aromatic N) is 1. The fourth-order valence-corrected chi connectivity index (χ4v) is 3.72. The number of thioether (sulfide) groups is 1. The van der Waals surface area contributed by atoms with Crippen LogP contribution in [0.5, 0.6) is 11.5 Å². The zero-order chi connectivity index (χ0) is 19.1. The molecule has 27 heavy (non-hydrogen) atoms. The number of fused-ring (bicyclic) bond motifs is 1. The summed E-state index contributed by atoms with van der Waals surface area (Å²) in [5.41, 5.74) is 1.04. The minimum atomic E-state index is -0.170. The van der Waals surface area contributed by atoms with E-state index in [0.717, 1.165) is 35.8 Å². The summed E-state index contributed by atoms with van der Waals surface area (Å²) in [6.45, 7) is 1.13. The van der Waals surface area contributed by atoms with Gasteiger partial charge in [0, 0.05) is 12.3 Å². The second kappa shape index (κ2) is 9.46. The summed E-state index contributed by atoms with van der Waals surface area (Å²) in [4.78, 5) is 25.9. The Morgan fingerprint density at radius 1 is 0.852 bits per heavy atom. The number of imide groups is 1. The molecule has 6 heteroatoms. The van der Waals surface area contributed by atoms with Gasteiger partial charge in [-0.25, -0.2) is 0 Å². The first-order chi connectivity index (χ1) is 13.2. The van der Waals surface area contributed by atoms with E-state index in [9.17, 15) is 9.59 Å². The lowest BCUT2D eigenvalue weighted by atomic mass is 10.1. The van der Waals surface area contributed by atoms with Crippen LogP contribution in [0, 0.1) is 0 Å². The van der Waals surface area contributed by atoms with Gasteiger partial charge in [-0.05, 0) is 55.0 Å². The van der Waals surface area contributed by atoms with Crippen LogP contribution >= 0.6 is 11.8 Å². The first-order valence-electron chi connectivity index (χ1n) is 9.00. The van der Waals surface area contributed by atoms with E-state index in [2.05, 4.69) is 0 Å². The van der Waals surface area contributed by atoms with Gasteiger partial charge in [-0.3, -0.25) is 14.5 Å². The summed E-state index contributed by atoms with van der Waals surface area (Å²) < 4.78 is 10.8. The maximum atomic E-state index is 12.3. The second-order valence-electron chi connectivity index (χ2n) is 6.15. The number of hydrogen-bond donors (Lipinski definition) is 0. The maximum absolute atomic E-state index is 12.3. The van der Waals surface area contributed by atoms with Gasteiger partial charge in [-0.1, -0.05) is 12.1 Å². The van der Waals surface area contributed by atoms with E-state index < -0.39 is 0 Å². The molecule has 0 spiro atoms. The Kier molecular flexibility index (Phi) is 6.76. The van der Waals surface area contributed by atoms with Crippen molar-refractivity contribution < 1.29 is 19.1 Å². The zero-order valence-corrected chi connectivity index (χ0v) is 16.2. The quantitative estimate of drug-likeness (QED) is 0.459. The highest BCUT2D eigenvalue weighted by Crippen LogP contribution is 2.23. The normalized spacial score (nSPS) is 13.0. The first-order valence-corrected chi connectivity index (χ1v) is 10.2. The van der Waals surface area contributed by atoms with Gasteiger partial charge in [0.1, 0.15) is 11.5 Å². The molecule has 0 N–H and O–H groups in total. The fourth-order valence-electron chi connectivity index (χ4n) is 2.91. The van der Waals surface area contributed by atoms with Gasteiger partial charge >= 0.3 is 0 Å². The predicted octanol–water partition coefficient (Wildman–Crippen LogP) is 3.88. The summed E-state index contributed by atoms with van der Waals surface area (Å²) in [7, 11) is 1.64. The summed E-state index contributed by atoms with van der Waals surface area (Å²) in [6.07, 6.45) is 1.78. The molecule has 0 aliphatic carbocycles. The molecule has 1 heterocycles. The van der Waals surface area contributed by atoms with E-state index >= 15 is 0 Å². The highest BCUT2D eigenvalue weighted by molar-refractivity contribution is 7.99. The Hall–Kier alpha value is -2.47. The molecule has 1 aliphatic heterocycles. The second-order valence-corrected chi connectivity index (χ2v) is 7.38. The molecule has 2 aromatic carbocycles. The Morgan fingerprint density at radius 3 is 2.11 bits per heavy atom. The van der Waals surface area contributed by atoms with Crippen LogP contribution in [0.3, 0.4) is 0 Å². The van der Waals surface area contributed by atoms with E-state index in [4.69, 9.17) is 9.47 Å². The Morgan fingerprint density at radius 2 is 1.48 bits per heavy atom. The third-order valence-corrected chi connectivity index (χ3v) is 5.39. The standard InChI is InChI=1S/C21H23NO4S/c1-25-16-8-10-17(11-9-16)26-13-15-27-14-5-4-12-22-20(23)18-6-2-3-7-19(18)21(22)24/h2-3,6-11H,4-5,12-15H2,1H3. The molecular weight excluding hydrogens is 362 g/mol. The average Bonchev–Trinajstić information content (AvgIpc) is 2.95. The van der Waals surface area contributed by atoms with Crippen molar-refractivity contribution in [1.82, 2.24) is 4.90 Å². The number of carbonyl (C=O) groups excluding carboxylic acids is 2. The van der Waals surface area contributed by atoms with Crippen LogP contribution in [0.25, 0.3) is 0 Å². The molecule has 0 saturated carbocycles. The van der Waals surface area contributed by atoms with Gasteiger partial charge in [-0.15, -0.1) is 0 Å². The van der Waals surface area contributed by atoms with Gasteiger partial charge in [0.25, 0.3) is 11.8 Å². The maximum Gasteiger partial charge on any atom is 0.261 e. The number of hydrogen-bond acceptors (Lipinski definition) is 5. The topological polar surface area (TPSA) is 55.8 Å². The molecule has 0 radical (unpaired) electrons. The molecule has 5 nitrogen and oxygen atoms in total. The smallest absolute Gasteiger partial charge is 0.261 e. The van der Waals surface area contributed by atoms with Crippen molar-refractivity contribution >= 4 is 23.6 Å². The van der Waals surface area contributed by atoms with Crippen LogP contribution in [0.1, 0.15) is 33.6 Å². The Bertz CT molecular complexity index is 756. The van der Waals surface area contributed by atoms with Gasteiger partial charge in [0.2, 0.25) is 0 Å². The van der Waals surface area contributed by atoms with Crippen LogP contribution in [-0.2, 0) is 0 Å². The number of methoxy groups -OCH3 is 1. The Labute approximate surface area is 163 Å². The monoisotopic (exact) mass is 385 g/mol. The molecule has 0 saturated heterocycles. The molecule has 1 aliphatic rings. The highest BCUT2D eigenvalue weighted by Gasteiger charge is 2.34. The molecule has 0 aromatic heterocycles. The van der Waals surface area contributed by atoms with E-state index in [-0.39, 0.29) is 11.8 Å². The SMILES string of the molecule is COc1ccc(OCCSCCCCN2C(=O)c3ccccc3C2=O)cc1. The fraction of sp³-hybridized carbons (Fsp3) is 0.333. The number of rotatable bonds is 10. The van der Waals surface area contributed by atoms with Gasteiger partial charge in [-0.2, -0.15) is 11.8 Å². The average molecular weight is 385 g/mol. The lowest BCUT2D eigenvalue weighted by Crippen LogP contribution is -2.30. The number of carbonyl (C=O) groups is 2. The first kappa shape index (κ1) is 19.3. The predicted molar refractivity (Wildman–Crippen MR) is 107 cm³/mol. The van der Waals surface area contributed by atoms with Crippen LogP contribution in [0.4, 0.5) is 0 Å². The molecule has 2 aromatic rings. The highest BCUT2D eigenvalue weighted by atomic mass is 32.2. The summed E-state index contributed by atoms with van der Waals surface area (Å²) >= 11 is 1.81. The van der Waals surface area contributed by atoms with E-state index in [1.54, 1.807) is 31.4 Å². The molecule has 0 unspecified atom stereocenters. The molecule has 0 fully saturated rings. The molecule has 0 atom stereocenters. The Balaban J connectivity index is 1.28. The van der Waals surface area contributed by atoms with Crippen LogP contribution in [0.2, 0.25) is 0 Å². The van der Waals surface area contributed by atoms with E-state index in [1.807, 2.05) is 36.0 Å². The lowest BCUT2D eigenvalue weighted by molar-refractivity contribution is 0.0652. The van der Waals surface area contributed by atoms with Crippen molar-refractivity contribution in [2.45, 2.75) is 12.8 Å². The number of amides is 2.